The van der Waals surface area contributed by atoms with Crippen molar-refractivity contribution in [1.29, 1.82) is 0 Å². The fourth-order valence-corrected chi connectivity index (χ4v) is 2.49. The highest BCUT2D eigenvalue weighted by atomic mass is 32.2. The smallest absolute Gasteiger partial charge is 0.407 e. The molecule has 1 fully saturated rings. The van der Waals surface area contributed by atoms with E-state index in [1.807, 2.05) is 20.8 Å². The van der Waals surface area contributed by atoms with E-state index >= 15 is 0 Å². The van der Waals surface area contributed by atoms with Gasteiger partial charge in [-0.25, -0.2) is 4.79 Å². The SMILES string of the molecule is CC(C)(C)OC(=O)N[C@H]1CC[C@@H](COS(C)(=O)=O)C1. The third-order valence-electron chi connectivity index (χ3n) is 2.78. The van der Waals surface area contributed by atoms with Crippen LogP contribution in [0.3, 0.4) is 0 Å². The molecule has 0 heterocycles. The summed E-state index contributed by atoms with van der Waals surface area (Å²) in [5.74, 6) is 0.162. The van der Waals surface area contributed by atoms with Crippen molar-refractivity contribution in [1.82, 2.24) is 5.32 Å². The van der Waals surface area contributed by atoms with Crippen molar-refractivity contribution in [3.63, 3.8) is 0 Å². The molecule has 0 saturated heterocycles. The molecule has 0 unspecified atom stereocenters. The van der Waals surface area contributed by atoms with Crippen LogP contribution in [0, 0.1) is 5.92 Å². The molecule has 1 amide bonds. The molecule has 1 saturated carbocycles. The molecule has 6 nitrogen and oxygen atoms in total. The molecular weight excluding hydrogens is 270 g/mol. The van der Waals surface area contributed by atoms with E-state index < -0.39 is 21.8 Å². The van der Waals surface area contributed by atoms with E-state index in [-0.39, 0.29) is 18.6 Å². The number of ether oxygens (including phenoxy) is 1. The molecule has 7 heteroatoms. The lowest BCUT2D eigenvalue weighted by atomic mass is 10.1. The fourth-order valence-electron chi connectivity index (χ4n) is 2.05. The third kappa shape index (κ3) is 7.37. The van der Waals surface area contributed by atoms with Crippen molar-refractivity contribution in [3.8, 4) is 0 Å². The summed E-state index contributed by atoms with van der Waals surface area (Å²) in [5.41, 5.74) is -0.512. The molecule has 0 aliphatic heterocycles. The molecule has 0 radical (unpaired) electrons. The van der Waals surface area contributed by atoms with E-state index in [4.69, 9.17) is 8.92 Å². The van der Waals surface area contributed by atoms with Gasteiger partial charge in [0.25, 0.3) is 10.1 Å². The maximum absolute atomic E-state index is 11.6. The van der Waals surface area contributed by atoms with E-state index in [0.29, 0.717) is 0 Å². The number of carbonyl (C=O) groups excluding carboxylic acids is 1. The maximum atomic E-state index is 11.6. The average Bonchev–Trinajstić information content (AvgIpc) is 2.58. The van der Waals surface area contributed by atoms with E-state index in [0.717, 1.165) is 25.5 Å². The highest BCUT2D eigenvalue weighted by Gasteiger charge is 2.28. The third-order valence-corrected chi connectivity index (χ3v) is 3.34. The Bertz CT molecular complexity index is 412. The Hall–Kier alpha value is -0.820. The Morgan fingerprint density at radius 2 is 1.95 bits per heavy atom. The largest absolute Gasteiger partial charge is 0.444 e. The van der Waals surface area contributed by atoms with Gasteiger partial charge in [0.05, 0.1) is 12.9 Å². The number of amides is 1. The number of hydrogen-bond donors (Lipinski definition) is 1. The summed E-state index contributed by atoms with van der Waals surface area (Å²) in [6, 6.07) is 0.0306. The van der Waals surface area contributed by atoms with Crippen LogP contribution in [0.5, 0.6) is 0 Å². The van der Waals surface area contributed by atoms with Crippen LogP contribution in [-0.4, -0.2) is 39.0 Å². The lowest BCUT2D eigenvalue weighted by molar-refractivity contribution is 0.0503. The fraction of sp³-hybridized carbons (Fsp3) is 0.917. The van der Waals surface area contributed by atoms with Gasteiger partial charge in [0, 0.05) is 6.04 Å². The van der Waals surface area contributed by atoms with Gasteiger partial charge in [-0.15, -0.1) is 0 Å². The van der Waals surface area contributed by atoms with Gasteiger partial charge in [0.2, 0.25) is 0 Å². The van der Waals surface area contributed by atoms with Crippen LogP contribution in [0.2, 0.25) is 0 Å². The molecule has 0 aromatic heterocycles. The Morgan fingerprint density at radius 3 is 2.47 bits per heavy atom. The summed E-state index contributed by atoms with van der Waals surface area (Å²) < 4.78 is 31.7. The predicted octanol–water partition coefficient (Wildman–Crippen LogP) is 1.66. The summed E-state index contributed by atoms with van der Waals surface area (Å²) in [6.07, 6.45) is 2.99. The van der Waals surface area contributed by atoms with E-state index in [1.54, 1.807) is 0 Å². The summed E-state index contributed by atoms with van der Waals surface area (Å²) in [6.45, 7) is 5.61. The minimum atomic E-state index is -3.39. The first-order valence-corrected chi connectivity index (χ1v) is 8.21. The number of rotatable bonds is 4. The Labute approximate surface area is 115 Å². The molecule has 2 atom stereocenters. The predicted molar refractivity (Wildman–Crippen MR) is 71.3 cm³/mol. The number of alkyl carbamates (subject to hydrolysis) is 1. The van der Waals surface area contributed by atoms with Gasteiger partial charge in [-0.2, -0.15) is 8.42 Å². The molecule has 1 rings (SSSR count). The zero-order valence-electron chi connectivity index (χ0n) is 11.9. The molecule has 1 N–H and O–H groups in total. The molecule has 0 bridgehead atoms. The first kappa shape index (κ1) is 16.2. The summed E-state index contributed by atoms with van der Waals surface area (Å²) >= 11 is 0. The van der Waals surface area contributed by atoms with Gasteiger partial charge >= 0.3 is 6.09 Å². The second-order valence-electron chi connectivity index (χ2n) is 6.01. The summed E-state index contributed by atoms with van der Waals surface area (Å²) in [4.78, 5) is 11.6. The van der Waals surface area contributed by atoms with Crippen molar-refractivity contribution in [2.75, 3.05) is 12.9 Å². The summed E-state index contributed by atoms with van der Waals surface area (Å²) in [7, 11) is -3.39. The maximum Gasteiger partial charge on any atom is 0.407 e. The zero-order chi connectivity index (χ0) is 14.7. The lowest BCUT2D eigenvalue weighted by Crippen LogP contribution is -2.38. The molecule has 19 heavy (non-hydrogen) atoms. The van der Waals surface area contributed by atoms with E-state index in [1.165, 1.54) is 0 Å². The summed E-state index contributed by atoms with van der Waals surface area (Å²) in [5, 5.41) is 2.80. The van der Waals surface area contributed by atoms with Crippen LogP contribution >= 0.6 is 0 Å². The molecule has 1 aliphatic carbocycles. The van der Waals surface area contributed by atoms with E-state index in [2.05, 4.69) is 5.32 Å². The molecule has 0 spiro atoms. The standard InChI is InChI=1S/C12H23NO5S/c1-12(2,3)18-11(14)13-10-6-5-9(7-10)8-17-19(4,15)16/h9-10H,5-8H2,1-4H3,(H,13,14)/t9-,10+/m1/s1. The van der Waals surface area contributed by atoms with Crippen molar-refractivity contribution in [3.05, 3.63) is 0 Å². The molecule has 0 aromatic rings. The first-order valence-electron chi connectivity index (χ1n) is 6.39. The second-order valence-corrected chi connectivity index (χ2v) is 7.65. The molecule has 112 valence electrons. The Kier molecular flexibility index (Phi) is 5.20. The average molecular weight is 293 g/mol. The van der Waals surface area contributed by atoms with Gasteiger partial charge in [-0.05, 0) is 46.0 Å². The van der Waals surface area contributed by atoms with Gasteiger partial charge in [-0.1, -0.05) is 0 Å². The van der Waals surface area contributed by atoms with Crippen LogP contribution in [0.15, 0.2) is 0 Å². The van der Waals surface area contributed by atoms with Crippen molar-refractivity contribution >= 4 is 16.2 Å². The van der Waals surface area contributed by atoms with Gasteiger partial charge < -0.3 is 10.1 Å². The highest BCUT2D eigenvalue weighted by Crippen LogP contribution is 2.26. The molecule has 0 aromatic carbocycles. The highest BCUT2D eigenvalue weighted by molar-refractivity contribution is 7.85. The topological polar surface area (TPSA) is 81.7 Å². The molecule has 1 aliphatic rings. The second kappa shape index (κ2) is 6.09. The van der Waals surface area contributed by atoms with Crippen molar-refractivity contribution in [2.45, 2.75) is 51.7 Å². The number of nitrogens with one attached hydrogen (secondary N) is 1. The normalized spacial score (nSPS) is 24.2. The van der Waals surface area contributed by atoms with Gasteiger partial charge in [0.1, 0.15) is 5.60 Å². The zero-order valence-corrected chi connectivity index (χ0v) is 12.7. The van der Waals surface area contributed by atoms with Crippen molar-refractivity contribution in [2.24, 2.45) is 5.92 Å². The number of hydrogen-bond acceptors (Lipinski definition) is 5. The van der Waals surface area contributed by atoms with Crippen LogP contribution in [0.1, 0.15) is 40.0 Å². The van der Waals surface area contributed by atoms with Gasteiger partial charge in [-0.3, -0.25) is 4.18 Å². The van der Waals surface area contributed by atoms with Crippen LogP contribution in [0.4, 0.5) is 4.79 Å². The Balaban J connectivity index is 2.30. The lowest BCUT2D eigenvalue weighted by Gasteiger charge is -2.21. The number of carbonyl (C=O) groups is 1. The van der Waals surface area contributed by atoms with Crippen molar-refractivity contribution < 1.29 is 22.1 Å². The Morgan fingerprint density at radius 1 is 1.32 bits per heavy atom. The minimum absolute atomic E-state index is 0.0306. The van der Waals surface area contributed by atoms with Crippen LogP contribution in [-0.2, 0) is 19.0 Å². The quantitative estimate of drug-likeness (QED) is 0.797. The monoisotopic (exact) mass is 293 g/mol. The van der Waals surface area contributed by atoms with Gasteiger partial charge in [0.15, 0.2) is 0 Å². The molecular formula is C12H23NO5S. The first-order chi connectivity index (χ1) is 8.55. The van der Waals surface area contributed by atoms with E-state index in [9.17, 15) is 13.2 Å². The minimum Gasteiger partial charge on any atom is -0.444 e. The van der Waals surface area contributed by atoms with Crippen LogP contribution < -0.4 is 5.32 Å². The van der Waals surface area contributed by atoms with Crippen LogP contribution in [0.25, 0.3) is 0 Å².